The van der Waals surface area contributed by atoms with Crippen LogP contribution in [-0.2, 0) is 9.59 Å². The Labute approximate surface area is 100 Å². The van der Waals surface area contributed by atoms with Crippen LogP contribution >= 0.6 is 0 Å². The molecule has 0 saturated carbocycles. The van der Waals surface area contributed by atoms with E-state index in [4.69, 9.17) is 4.74 Å². The molecule has 0 aliphatic heterocycles. The van der Waals surface area contributed by atoms with E-state index in [9.17, 15) is 9.59 Å². The average molecular weight is 233 g/mol. The molecular formula is C13H15NO3. The van der Waals surface area contributed by atoms with E-state index in [0.717, 1.165) is 5.56 Å². The lowest BCUT2D eigenvalue weighted by atomic mass is 10.2. The summed E-state index contributed by atoms with van der Waals surface area (Å²) in [5, 5.41) is 2.66. The molecule has 1 aromatic rings. The molecule has 0 aliphatic carbocycles. The van der Waals surface area contributed by atoms with Crippen molar-refractivity contribution in [2.75, 3.05) is 6.54 Å². The second kappa shape index (κ2) is 6.48. The number of rotatable bonds is 4. The predicted molar refractivity (Wildman–Crippen MR) is 65.5 cm³/mol. The molecule has 0 spiro atoms. The number of amides is 1. The van der Waals surface area contributed by atoms with Crippen LogP contribution in [-0.4, -0.2) is 18.4 Å². The summed E-state index contributed by atoms with van der Waals surface area (Å²) in [6.45, 7) is 3.34. The van der Waals surface area contributed by atoms with Gasteiger partial charge in [-0.25, -0.2) is 0 Å². The van der Waals surface area contributed by atoms with Gasteiger partial charge >= 0.3 is 5.97 Å². The fourth-order valence-electron chi connectivity index (χ4n) is 1.21. The molecule has 0 fully saturated rings. The maximum Gasteiger partial charge on any atom is 0.308 e. The molecule has 0 atom stereocenters. The van der Waals surface area contributed by atoms with Crippen molar-refractivity contribution >= 4 is 18.0 Å². The Bertz CT molecular complexity index is 421. The van der Waals surface area contributed by atoms with Gasteiger partial charge in [-0.15, -0.1) is 0 Å². The molecule has 0 aliphatic rings. The molecule has 1 aromatic carbocycles. The van der Waals surface area contributed by atoms with Gasteiger partial charge in [-0.1, -0.05) is 24.3 Å². The molecular weight excluding hydrogens is 218 g/mol. The summed E-state index contributed by atoms with van der Waals surface area (Å²) in [7, 11) is 0. The summed E-state index contributed by atoms with van der Waals surface area (Å²) in [4.78, 5) is 21.3. The van der Waals surface area contributed by atoms with Crippen LogP contribution in [0, 0.1) is 0 Å². The van der Waals surface area contributed by atoms with Gasteiger partial charge in [-0.2, -0.15) is 0 Å². The molecule has 0 radical (unpaired) electrons. The highest BCUT2D eigenvalue weighted by Gasteiger charge is 1.96. The number of hydrogen-bond donors (Lipinski definition) is 1. The highest BCUT2D eigenvalue weighted by atomic mass is 16.5. The summed E-state index contributed by atoms with van der Waals surface area (Å²) in [5.41, 5.74) is 0.978. The Morgan fingerprint density at radius 2 is 1.88 bits per heavy atom. The minimum Gasteiger partial charge on any atom is -0.427 e. The van der Waals surface area contributed by atoms with Gasteiger partial charge in [0, 0.05) is 20.4 Å². The first kappa shape index (κ1) is 13.0. The third kappa shape index (κ3) is 5.51. The zero-order valence-electron chi connectivity index (χ0n) is 9.90. The third-order valence-corrected chi connectivity index (χ3v) is 1.92. The van der Waals surface area contributed by atoms with Crippen LogP contribution in [0.3, 0.4) is 0 Å². The van der Waals surface area contributed by atoms with Crippen molar-refractivity contribution in [3.8, 4) is 5.75 Å². The molecule has 1 rings (SSSR count). The molecule has 90 valence electrons. The van der Waals surface area contributed by atoms with E-state index in [1.165, 1.54) is 13.8 Å². The molecule has 4 heteroatoms. The van der Waals surface area contributed by atoms with Crippen LogP contribution in [0.5, 0.6) is 5.75 Å². The molecule has 0 heterocycles. The summed E-state index contributed by atoms with van der Waals surface area (Å²) >= 11 is 0. The lowest BCUT2D eigenvalue weighted by Crippen LogP contribution is -2.19. The number of carbonyl (C=O) groups excluding carboxylic acids is 2. The minimum absolute atomic E-state index is 0.0557. The SMILES string of the molecule is CC(=O)NCC=Cc1ccc(OC(C)=O)cc1. The van der Waals surface area contributed by atoms with Crippen molar-refractivity contribution in [3.63, 3.8) is 0 Å². The number of carbonyl (C=O) groups is 2. The Morgan fingerprint density at radius 3 is 2.41 bits per heavy atom. The molecule has 0 unspecified atom stereocenters. The topological polar surface area (TPSA) is 55.4 Å². The Morgan fingerprint density at radius 1 is 1.24 bits per heavy atom. The van der Waals surface area contributed by atoms with Crippen LogP contribution in [0.15, 0.2) is 30.3 Å². The van der Waals surface area contributed by atoms with Crippen molar-refractivity contribution in [2.24, 2.45) is 0 Å². The average Bonchev–Trinajstić information content (AvgIpc) is 2.25. The first-order chi connectivity index (χ1) is 8.08. The lowest BCUT2D eigenvalue weighted by molar-refractivity contribution is -0.131. The van der Waals surface area contributed by atoms with Crippen molar-refractivity contribution in [1.29, 1.82) is 0 Å². The van der Waals surface area contributed by atoms with Crippen molar-refractivity contribution in [1.82, 2.24) is 5.32 Å². The molecule has 1 N–H and O–H groups in total. The van der Waals surface area contributed by atoms with Gasteiger partial charge in [0.2, 0.25) is 5.91 Å². The minimum atomic E-state index is -0.334. The molecule has 0 bridgehead atoms. The Kier molecular flexibility index (Phi) is 4.94. The van der Waals surface area contributed by atoms with Gasteiger partial charge in [-0.3, -0.25) is 9.59 Å². The smallest absolute Gasteiger partial charge is 0.308 e. The number of esters is 1. The Balaban J connectivity index is 2.50. The van der Waals surface area contributed by atoms with Crippen LogP contribution in [0.25, 0.3) is 6.08 Å². The third-order valence-electron chi connectivity index (χ3n) is 1.92. The first-order valence-electron chi connectivity index (χ1n) is 5.27. The second-order valence-corrected chi connectivity index (χ2v) is 3.50. The number of hydrogen-bond acceptors (Lipinski definition) is 3. The first-order valence-corrected chi connectivity index (χ1v) is 5.27. The molecule has 1 amide bonds. The van der Waals surface area contributed by atoms with E-state index in [2.05, 4.69) is 5.32 Å². The molecule has 4 nitrogen and oxygen atoms in total. The zero-order chi connectivity index (χ0) is 12.7. The number of ether oxygens (including phenoxy) is 1. The zero-order valence-corrected chi connectivity index (χ0v) is 9.90. The van der Waals surface area contributed by atoms with Crippen LogP contribution < -0.4 is 10.1 Å². The maximum absolute atomic E-state index is 10.7. The van der Waals surface area contributed by atoms with Crippen molar-refractivity contribution in [3.05, 3.63) is 35.9 Å². The van der Waals surface area contributed by atoms with Crippen LogP contribution in [0.1, 0.15) is 19.4 Å². The quantitative estimate of drug-likeness (QED) is 0.637. The summed E-state index contributed by atoms with van der Waals surface area (Å²) in [6.07, 6.45) is 3.73. The van der Waals surface area contributed by atoms with Crippen LogP contribution in [0.4, 0.5) is 0 Å². The highest BCUT2D eigenvalue weighted by Crippen LogP contribution is 2.13. The summed E-state index contributed by atoms with van der Waals surface area (Å²) < 4.78 is 4.91. The van der Waals surface area contributed by atoms with Gasteiger partial charge in [0.15, 0.2) is 0 Å². The van der Waals surface area contributed by atoms with Gasteiger partial charge in [0.25, 0.3) is 0 Å². The Hall–Kier alpha value is -2.10. The largest absolute Gasteiger partial charge is 0.427 e. The standard InChI is InChI=1S/C13H15NO3/c1-10(15)14-9-3-4-12-5-7-13(8-6-12)17-11(2)16/h3-8H,9H2,1-2H3,(H,14,15). The summed E-state index contributed by atoms with van der Waals surface area (Å²) in [5.74, 6) is 0.135. The maximum atomic E-state index is 10.7. The van der Waals surface area contributed by atoms with Gasteiger partial charge in [-0.05, 0) is 17.7 Å². The highest BCUT2D eigenvalue weighted by molar-refractivity contribution is 5.73. The number of nitrogens with one attached hydrogen (secondary N) is 1. The van der Waals surface area contributed by atoms with E-state index in [-0.39, 0.29) is 11.9 Å². The van der Waals surface area contributed by atoms with E-state index < -0.39 is 0 Å². The molecule has 17 heavy (non-hydrogen) atoms. The van der Waals surface area contributed by atoms with E-state index in [1.807, 2.05) is 24.3 Å². The van der Waals surface area contributed by atoms with Gasteiger partial charge in [0.1, 0.15) is 5.75 Å². The monoisotopic (exact) mass is 233 g/mol. The van der Waals surface area contributed by atoms with Crippen molar-refractivity contribution < 1.29 is 14.3 Å². The van der Waals surface area contributed by atoms with E-state index >= 15 is 0 Å². The van der Waals surface area contributed by atoms with E-state index in [1.54, 1.807) is 12.1 Å². The predicted octanol–water partition coefficient (Wildman–Crippen LogP) is 1.76. The fourth-order valence-corrected chi connectivity index (χ4v) is 1.21. The molecule has 0 saturated heterocycles. The summed E-state index contributed by atoms with van der Waals surface area (Å²) in [6, 6.07) is 7.12. The van der Waals surface area contributed by atoms with Crippen LogP contribution in [0.2, 0.25) is 0 Å². The lowest BCUT2D eigenvalue weighted by Gasteiger charge is -2.01. The van der Waals surface area contributed by atoms with Gasteiger partial charge < -0.3 is 10.1 Å². The van der Waals surface area contributed by atoms with Gasteiger partial charge in [0.05, 0.1) is 0 Å². The fraction of sp³-hybridized carbons (Fsp3) is 0.231. The number of benzene rings is 1. The van der Waals surface area contributed by atoms with Crippen molar-refractivity contribution in [2.45, 2.75) is 13.8 Å². The van der Waals surface area contributed by atoms with E-state index in [0.29, 0.717) is 12.3 Å². The molecule has 0 aromatic heterocycles. The second-order valence-electron chi connectivity index (χ2n) is 3.50. The normalized spacial score (nSPS) is 10.2.